The van der Waals surface area contributed by atoms with Gasteiger partial charge in [-0.1, -0.05) is 19.1 Å². The molecule has 0 saturated heterocycles. The van der Waals surface area contributed by atoms with Crippen molar-refractivity contribution >= 4 is 29.1 Å². The Morgan fingerprint density at radius 1 is 1.07 bits per heavy atom. The Bertz CT molecular complexity index is 815. The van der Waals surface area contributed by atoms with Crippen molar-refractivity contribution in [2.24, 2.45) is 29.6 Å². The maximum absolute atomic E-state index is 12.7. The molecular weight excluding hydrogens is 364 g/mol. The van der Waals surface area contributed by atoms with E-state index in [2.05, 4.69) is 17.8 Å². The number of nitrogens with one attached hydrogen (secondary N) is 2. The van der Waals surface area contributed by atoms with E-state index in [0.717, 1.165) is 37.7 Å². The fourth-order valence-corrected chi connectivity index (χ4v) is 6.07. The van der Waals surface area contributed by atoms with Crippen LogP contribution < -0.4 is 10.9 Å². The second-order valence-electron chi connectivity index (χ2n) is 8.02. The highest BCUT2D eigenvalue weighted by molar-refractivity contribution is 7.10. The molecule has 2 amide bonds. The summed E-state index contributed by atoms with van der Waals surface area (Å²) in [6, 6.07) is 0. The number of hydrazine groups is 1. The molecule has 0 radical (unpaired) electrons. The summed E-state index contributed by atoms with van der Waals surface area (Å²) in [7, 11) is 0. The molecule has 0 aliphatic heterocycles. The standard InChI is InChI=1S/C20H24N2O4S/c1-10-2-7-13-14(9-27-15(13)8-10)18(23)21-22-19(24)16-11-3-5-12(6-4-11)17(16)20(25)26/h3,5,9-12,16-17H,2,4,6-8H2,1H3,(H,21,23)(H,22,24)(H,25,26)/t10-,11+,12-,16-,17-/m0/s1. The number of amides is 2. The zero-order valence-electron chi connectivity index (χ0n) is 15.2. The number of carboxylic acid groups (broad SMARTS) is 1. The molecule has 5 atom stereocenters. The monoisotopic (exact) mass is 388 g/mol. The molecule has 0 spiro atoms. The van der Waals surface area contributed by atoms with Crippen molar-refractivity contribution in [3.63, 3.8) is 0 Å². The first kappa shape index (κ1) is 18.2. The largest absolute Gasteiger partial charge is 0.481 e. The van der Waals surface area contributed by atoms with Gasteiger partial charge in [0.2, 0.25) is 5.91 Å². The molecular formula is C20H24N2O4S. The number of rotatable bonds is 3. The number of thiophene rings is 1. The molecule has 6 nitrogen and oxygen atoms in total. The van der Waals surface area contributed by atoms with Crippen LogP contribution >= 0.6 is 11.3 Å². The number of allylic oxidation sites excluding steroid dienone is 2. The first-order valence-electron chi connectivity index (χ1n) is 9.56. The molecule has 4 aliphatic carbocycles. The summed E-state index contributed by atoms with van der Waals surface area (Å²) in [6.07, 6.45) is 8.44. The molecule has 1 aromatic heterocycles. The van der Waals surface area contributed by atoms with E-state index in [-0.39, 0.29) is 17.7 Å². The quantitative estimate of drug-likeness (QED) is 0.548. The minimum absolute atomic E-state index is 0.0802. The topological polar surface area (TPSA) is 95.5 Å². The van der Waals surface area contributed by atoms with Gasteiger partial charge in [0.1, 0.15) is 0 Å². The Morgan fingerprint density at radius 2 is 1.78 bits per heavy atom. The van der Waals surface area contributed by atoms with Crippen molar-refractivity contribution in [2.75, 3.05) is 0 Å². The van der Waals surface area contributed by atoms with Crippen LogP contribution in [0, 0.1) is 29.6 Å². The molecule has 27 heavy (non-hydrogen) atoms. The van der Waals surface area contributed by atoms with Gasteiger partial charge in [-0.05, 0) is 55.4 Å². The number of carbonyl (C=O) groups is 3. The predicted octanol–water partition coefficient (Wildman–Crippen LogP) is 2.55. The smallest absolute Gasteiger partial charge is 0.307 e. The van der Waals surface area contributed by atoms with Crippen LogP contribution in [0.2, 0.25) is 0 Å². The van der Waals surface area contributed by atoms with Gasteiger partial charge in [-0.25, -0.2) is 0 Å². The maximum atomic E-state index is 12.7. The van der Waals surface area contributed by atoms with Gasteiger partial charge in [0.05, 0.1) is 17.4 Å². The minimum atomic E-state index is -0.943. The van der Waals surface area contributed by atoms with Gasteiger partial charge in [-0.2, -0.15) is 0 Å². The fraction of sp³-hybridized carbons (Fsp3) is 0.550. The molecule has 0 unspecified atom stereocenters. The van der Waals surface area contributed by atoms with Gasteiger partial charge in [0.15, 0.2) is 0 Å². The summed E-state index contributed by atoms with van der Waals surface area (Å²) in [5.41, 5.74) is 6.73. The zero-order valence-corrected chi connectivity index (χ0v) is 16.1. The van der Waals surface area contributed by atoms with E-state index in [1.54, 1.807) is 11.3 Å². The molecule has 144 valence electrons. The number of aliphatic carboxylic acids is 1. The Hall–Kier alpha value is -2.15. The number of hydrogen-bond donors (Lipinski definition) is 3. The third kappa shape index (κ3) is 3.29. The van der Waals surface area contributed by atoms with E-state index in [1.807, 2.05) is 17.5 Å². The lowest BCUT2D eigenvalue weighted by molar-refractivity contribution is -0.153. The van der Waals surface area contributed by atoms with E-state index >= 15 is 0 Å². The third-order valence-corrected chi connectivity index (χ3v) is 7.33. The summed E-state index contributed by atoms with van der Waals surface area (Å²) in [5, 5.41) is 11.4. The molecule has 5 rings (SSSR count). The van der Waals surface area contributed by atoms with Crippen molar-refractivity contribution in [1.82, 2.24) is 10.9 Å². The first-order chi connectivity index (χ1) is 13.0. The molecule has 2 bridgehead atoms. The van der Waals surface area contributed by atoms with Crippen LogP contribution in [0.25, 0.3) is 0 Å². The van der Waals surface area contributed by atoms with Gasteiger partial charge < -0.3 is 5.11 Å². The van der Waals surface area contributed by atoms with Crippen LogP contribution in [-0.2, 0) is 22.4 Å². The summed E-state index contributed by atoms with van der Waals surface area (Å²) in [6.45, 7) is 2.22. The highest BCUT2D eigenvalue weighted by Crippen LogP contribution is 2.45. The summed E-state index contributed by atoms with van der Waals surface area (Å²) < 4.78 is 0. The molecule has 1 saturated carbocycles. The van der Waals surface area contributed by atoms with Gasteiger partial charge >= 0.3 is 5.97 Å². The summed E-state index contributed by atoms with van der Waals surface area (Å²) in [5.74, 6) is -2.58. The SMILES string of the molecule is C[C@H]1CCc2c(C(=O)NNC(=O)[C@@H]3[C@@H](C(=O)O)[C@H]4C=C[C@@H]3CC4)csc2C1. The van der Waals surface area contributed by atoms with Crippen LogP contribution in [0.5, 0.6) is 0 Å². The summed E-state index contributed by atoms with van der Waals surface area (Å²) >= 11 is 1.60. The van der Waals surface area contributed by atoms with Crippen LogP contribution in [0.15, 0.2) is 17.5 Å². The maximum Gasteiger partial charge on any atom is 0.307 e. The Kier molecular flexibility index (Phi) is 4.80. The van der Waals surface area contributed by atoms with Gasteiger partial charge in [-0.3, -0.25) is 25.2 Å². The lowest BCUT2D eigenvalue weighted by atomic mass is 9.62. The average Bonchev–Trinajstić information content (AvgIpc) is 3.08. The van der Waals surface area contributed by atoms with Crippen molar-refractivity contribution in [2.45, 2.75) is 39.0 Å². The van der Waals surface area contributed by atoms with Gasteiger partial charge in [0, 0.05) is 10.3 Å². The lowest BCUT2D eigenvalue weighted by Crippen LogP contribution is -2.53. The second kappa shape index (κ2) is 7.11. The van der Waals surface area contributed by atoms with Crippen molar-refractivity contribution < 1.29 is 19.5 Å². The Morgan fingerprint density at radius 3 is 2.44 bits per heavy atom. The molecule has 0 aromatic carbocycles. The highest BCUT2D eigenvalue weighted by atomic mass is 32.1. The normalized spacial score (nSPS) is 31.2. The molecule has 1 heterocycles. The van der Waals surface area contributed by atoms with Crippen LogP contribution in [0.4, 0.5) is 0 Å². The van der Waals surface area contributed by atoms with Crippen molar-refractivity contribution in [1.29, 1.82) is 0 Å². The fourth-order valence-electron chi connectivity index (χ4n) is 4.83. The minimum Gasteiger partial charge on any atom is -0.481 e. The van der Waals surface area contributed by atoms with E-state index in [9.17, 15) is 19.5 Å². The molecule has 7 heteroatoms. The number of fused-ring (bicyclic) bond motifs is 3. The van der Waals surface area contributed by atoms with Gasteiger partial charge in [-0.15, -0.1) is 11.3 Å². The summed E-state index contributed by atoms with van der Waals surface area (Å²) in [4.78, 5) is 38.2. The Balaban J connectivity index is 1.43. The van der Waals surface area contributed by atoms with Crippen LogP contribution in [-0.4, -0.2) is 22.9 Å². The second-order valence-corrected chi connectivity index (χ2v) is 8.99. The molecule has 3 N–H and O–H groups in total. The average molecular weight is 388 g/mol. The number of carbonyl (C=O) groups excluding carboxylic acids is 2. The van der Waals surface area contributed by atoms with E-state index in [4.69, 9.17) is 0 Å². The zero-order chi connectivity index (χ0) is 19.1. The van der Waals surface area contributed by atoms with Crippen LogP contribution in [0.3, 0.4) is 0 Å². The highest BCUT2D eigenvalue weighted by Gasteiger charge is 2.48. The molecule has 1 aromatic rings. The van der Waals surface area contributed by atoms with E-state index in [1.165, 1.54) is 4.88 Å². The predicted molar refractivity (Wildman–Crippen MR) is 101 cm³/mol. The Labute approximate surface area is 162 Å². The van der Waals surface area contributed by atoms with Crippen molar-refractivity contribution in [3.05, 3.63) is 33.5 Å². The molecule has 4 aliphatic rings. The first-order valence-corrected chi connectivity index (χ1v) is 10.4. The van der Waals surface area contributed by atoms with E-state index < -0.39 is 23.7 Å². The molecule has 1 fully saturated rings. The number of carboxylic acids is 1. The third-order valence-electron chi connectivity index (χ3n) is 6.28. The number of hydrogen-bond acceptors (Lipinski definition) is 4. The van der Waals surface area contributed by atoms with Crippen molar-refractivity contribution in [3.8, 4) is 0 Å². The van der Waals surface area contributed by atoms with Gasteiger partial charge in [0.25, 0.3) is 5.91 Å². The van der Waals surface area contributed by atoms with Crippen LogP contribution in [0.1, 0.15) is 47.0 Å². The van der Waals surface area contributed by atoms with E-state index in [0.29, 0.717) is 11.5 Å². The lowest BCUT2D eigenvalue weighted by Gasteiger charge is -2.41.